The second-order valence-electron chi connectivity index (χ2n) is 7.89. The average molecular weight is 446 g/mol. The molecule has 32 heavy (non-hydrogen) atoms. The van der Waals surface area contributed by atoms with Crippen LogP contribution in [0.25, 0.3) is 10.1 Å². The highest BCUT2D eigenvalue weighted by atomic mass is 32.1. The molecule has 3 aromatic carbocycles. The van der Waals surface area contributed by atoms with Crippen LogP contribution in [0.2, 0.25) is 0 Å². The van der Waals surface area contributed by atoms with E-state index in [-0.39, 0.29) is 11.5 Å². The predicted octanol–water partition coefficient (Wildman–Crippen LogP) is 6.40. The number of thiophene rings is 1. The van der Waals surface area contributed by atoms with E-state index < -0.39 is 0 Å². The number of rotatable bonds is 8. The number of ether oxygens (including phenoxy) is 1. The number of nitrogens with one attached hydrogen (secondary N) is 1. The summed E-state index contributed by atoms with van der Waals surface area (Å²) in [6.45, 7) is 7.89. The van der Waals surface area contributed by atoms with Crippen LogP contribution in [-0.4, -0.2) is 24.0 Å². The van der Waals surface area contributed by atoms with Crippen LogP contribution in [-0.2, 0) is 6.42 Å². The van der Waals surface area contributed by atoms with Crippen LogP contribution in [0, 0.1) is 13.8 Å². The summed E-state index contributed by atoms with van der Waals surface area (Å²) in [5.74, 6) is 1.33. The minimum absolute atomic E-state index is 0.0569. The van der Waals surface area contributed by atoms with E-state index in [1.54, 1.807) is 12.1 Å². The van der Waals surface area contributed by atoms with Gasteiger partial charge in [-0.25, -0.2) is 0 Å². The van der Waals surface area contributed by atoms with Gasteiger partial charge in [-0.1, -0.05) is 37.3 Å². The minimum Gasteiger partial charge on any atom is -0.508 e. The first kappa shape index (κ1) is 22.1. The third-order valence-corrected chi connectivity index (χ3v) is 6.66. The maximum Gasteiger partial charge on any atom is 0.207 e. The number of ketones is 1. The molecule has 0 aliphatic carbocycles. The lowest BCUT2D eigenvalue weighted by molar-refractivity contribution is 0.103. The Bertz CT molecular complexity index is 1240. The number of benzene rings is 3. The number of phenolic OH excluding ortho intramolecular Hbond substituents is 1. The first-order valence-electron chi connectivity index (χ1n) is 10.8. The lowest BCUT2D eigenvalue weighted by Gasteiger charge is -2.11. The lowest BCUT2D eigenvalue weighted by atomic mass is 9.98. The molecule has 0 bridgehead atoms. The van der Waals surface area contributed by atoms with E-state index in [9.17, 15) is 9.90 Å². The Morgan fingerprint density at radius 3 is 2.44 bits per heavy atom. The molecule has 0 atom stereocenters. The quantitative estimate of drug-likeness (QED) is 0.243. The van der Waals surface area contributed by atoms with Crippen LogP contribution in [0.5, 0.6) is 17.2 Å². The SMILES string of the molecule is CCNCCc1ccc(Oc2c(C(=O)c3c(C)cccc3C)sc3cc(O)ccc23)cc1. The summed E-state index contributed by atoms with van der Waals surface area (Å²) in [4.78, 5) is 14.2. The van der Waals surface area contributed by atoms with Crippen LogP contribution in [0.3, 0.4) is 0 Å². The number of aryl methyl sites for hydroxylation is 2. The van der Waals surface area contributed by atoms with Gasteiger partial charge in [-0.3, -0.25) is 4.79 Å². The lowest BCUT2D eigenvalue weighted by Crippen LogP contribution is -2.15. The molecule has 1 heterocycles. The van der Waals surface area contributed by atoms with Crippen molar-refractivity contribution in [2.24, 2.45) is 0 Å². The Balaban J connectivity index is 1.73. The fourth-order valence-electron chi connectivity index (χ4n) is 3.85. The highest BCUT2D eigenvalue weighted by Gasteiger charge is 2.24. The van der Waals surface area contributed by atoms with Crippen molar-refractivity contribution in [3.63, 3.8) is 0 Å². The van der Waals surface area contributed by atoms with Crippen molar-refractivity contribution >= 4 is 27.2 Å². The van der Waals surface area contributed by atoms with E-state index in [0.717, 1.165) is 40.7 Å². The largest absolute Gasteiger partial charge is 0.508 e. The molecule has 4 aromatic rings. The Morgan fingerprint density at radius 1 is 1.03 bits per heavy atom. The van der Waals surface area contributed by atoms with Gasteiger partial charge in [0.2, 0.25) is 5.78 Å². The average Bonchev–Trinajstić information content (AvgIpc) is 3.12. The highest BCUT2D eigenvalue weighted by molar-refractivity contribution is 7.21. The predicted molar refractivity (Wildman–Crippen MR) is 132 cm³/mol. The second kappa shape index (κ2) is 9.55. The standard InChI is InChI=1S/C27H27NO3S/c1-4-28-15-14-19-8-11-21(12-9-19)31-26-22-13-10-20(29)16-23(22)32-27(26)25(30)24-17(2)6-5-7-18(24)3/h5-13,16,28-29H,4,14-15H2,1-3H3. The number of aromatic hydroxyl groups is 1. The minimum atomic E-state index is -0.0569. The number of hydrogen-bond acceptors (Lipinski definition) is 5. The van der Waals surface area contributed by atoms with Crippen LogP contribution < -0.4 is 10.1 Å². The Hall–Kier alpha value is -3.15. The summed E-state index contributed by atoms with van der Waals surface area (Å²) in [5.41, 5.74) is 3.80. The number of carbonyl (C=O) groups excluding carboxylic acids is 1. The summed E-state index contributed by atoms with van der Waals surface area (Å²) in [6, 6.07) is 19.0. The summed E-state index contributed by atoms with van der Waals surface area (Å²) < 4.78 is 7.11. The highest BCUT2D eigenvalue weighted by Crippen LogP contribution is 2.43. The van der Waals surface area contributed by atoms with Gasteiger partial charge in [0, 0.05) is 15.6 Å². The maximum atomic E-state index is 13.6. The third kappa shape index (κ3) is 4.54. The summed E-state index contributed by atoms with van der Waals surface area (Å²) in [7, 11) is 0. The molecule has 0 unspecified atom stereocenters. The van der Waals surface area contributed by atoms with Crippen molar-refractivity contribution < 1.29 is 14.6 Å². The van der Waals surface area contributed by atoms with Gasteiger partial charge in [-0.2, -0.15) is 0 Å². The molecule has 164 valence electrons. The van der Waals surface area contributed by atoms with Crippen LogP contribution >= 0.6 is 11.3 Å². The number of carbonyl (C=O) groups is 1. The van der Waals surface area contributed by atoms with Crippen molar-refractivity contribution in [2.45, 2.75) is 27.2 Å². The van der Waals surface area contributed by atoms with Crippen molar-refractivity contribution in [1.29, 1.82) is 0 Å². The van der Waals surface area contributed by atoms with E-state index in [2.05, 4.69) is 24.4 Å². The summed E-state index contributed by atoms with van der Waals surface area (Å²) >= 11 is 1.35. The van der Waals surface area contributed by atoms with Crippen LogP contribution in [0.4, 0.5) is 0 Å². The van der Waals surface area contributed by atoms with Crippen molar-refractivity contribution in [1.82, 2.24) is 5.32 Å². The second-order valence-corrected chi connectivity index (χ2v) is 8.94. The Kier molecular flexibility index (Phi) is 6.58. The summed E-state index contributed by atoms with van der Waals surface area (Å²) in [6.07, 6.45) is 0.949. The smallest absolute Gasteiger partial charge is 0.207 e. The number of fused-ring (bicyclic) bond motifs is 1. The van der Waals surface area contributed by atoms with E-state index in [4.69, 9.17) is 4.74 Å². The van der Waals surface area contributed by atoms with Gasteiger partial charge in [0.1, 0.15) is 16.4 Å². The molecule has 0 amide bonds. The van der Waals surface area contributed by atoms with Gasteiger partial charge in [-0.05, 0) is 80.4 Å². The number of phenols is 1. The molecular formula is C27H27NO3S. The van der Waals surface area contributed by atoms with Crippen molar-refractivity contribution in [3.8, 4) is 17.2 Å². The van der Waals surface area contributed by atoms with Gasteiger partial charge in [0.15, 0.2) is 5.75 Å². The molecule has 2 N–H and O–H groups in total. The van der Waals surface area contributed by atoms with Crippen LogP contribution in [0.1, 0.15) is 38.8 Å². The molecule has 0 radical (unpaired) electrons. The van der Waals surface area contributed by atoms with E-state index >= 15 is 0 Å². The molecule has 5 heteroatoms. The van der Waals surface area contributed by atoms with Gasteiger partial charge >= 0.3 is 0 Å². The van der Waals surface area contributed by atoms with Gasteiger partial charge in [-0.15, -0.1) is 11.3 Å². The van der Waals surface area contributed by atoms with Crippen molar-refractivity contribution in [2.75, 3.05) is 13.1 Å². The normalized spacial score (nSPS) is 11.1. The van der Waals surface area contributed by atoms with E-state index in [0.29, 0.717) is 21.9 Å². The Morgan fingerprint density at radius 2 is 1.75 bits per heavy atom. The zero-order chi connectivity index (χ0) is 22.7. The molecule has 0 saturated carbocycles. The van der Waals surface area contributed by atoms with E-state index in [1.807, 2.05) is 50.2 Å². The number of likely N-dealkylation sites (N-methyl/N-ethyl adjacent to an activating group) is 1. The van der Waals surface area contributed by atoms with Gasteiger partial charge < -0.3 is 15.2 Å². The first-order valence-corrected chi connectivity index (χ1v) is 11.6. The Labute approximate surface area is 192 Å². The molecular weight excluding hydrogens is 418 g/mol. The fourth-order valence-corrected chi connectivity index (χ4v) is 4.96. The zero-order valence-corrected chi connectivity index (χ0v) is 19.4. The molecule has 0 aliphatic heterocycles. The monoisotopic (exact) mass is 445 g/mol. The fraction of sp³-hybridized carbons (Fsp3) is 0.222. The van der Waals surface area contributed by atoms with Gasteiger partial charge in [0.05, 0.1) is 0 Å². The molecule has 0 fully saturated rings. The topological polar surface area (TPSA) is 58.6 Å². The maximum absolute atomic E-state index is 13.6. The molecule has 1 aromatic heterocycles. The molecule has 4 rings (SSSR count). The third-order valence-electron chi connectivity index (χ3n) is 5.53. The van der Waals surface area contributed by atoms with Crippen molar-refractivity contribution in [3.05, 3.63) is 87.8 Å². The zero-order valence-electron chi connectivity index (χ0n) is 18.6. The summed E-state index contributed by atoms with van der Waals surface area (Å²) in [5, 5.41) is 14.1. The number of hydrogen-bond donors (Lipinski definition) is 2. The first-order chi connectivity index (χ1) is 15.5. The van der Waals surface area contributed by atoms with Gasteiger partial charge in [0.25, 0.3) is 0 Å². The molecule has 0 aliphatic rings. The van der Waals surface area contributed by atoms with Crippen LogP contribution in [0.15, 0.2) is 60.7 Å². The molecule has 0 saturated heterocycles. The molecule has 4 nitrogen and oxygen atoms in total. The molecule has 0 spiro atoms. The van der Waals surface area contributed by atoms with E-state index in [1.165, 1.54) is 16.9 Å².